The second kappa shape index (κ2) is 18.5. The van der Waals surface area contributed by atoms with Gasteiger partial charge in [0.15, 0.2) is 0 Å². The molecule has 0 aromatic rings. The maximum absolute atomic E-state index is 6.30. The van der Waals surface area contributed by atoms with Gasteiger partial charge in [-0.3, -0.25) is 0 Å². The maximum atomic E-state index is 6.30. The van der Waals surface area contributed by atoms with E-state index in [-0.39, 0.29) is 16.4 Å². The SMILES string of the molecule is CCC[CH2][Sn]1[O][Sn]([CH2]CCC)[O][Sn]([CH2]CCC)[O]1.O.O.O. The molecule has 0 bridgehead atoms. The van der Waals surface area contributed by atoms with E-state index in [0.29, 0.717) is 0 Å². The summed E-state index contributed by atoms with van der Waals surface area (Å²) in [6, 6.07) is 0. The maximum Gasteiger partial charge on any atom is -0.412 e. The van der Waals surface area contributed by atoms with Crippen molar-refractivity contribution in [3.63, 3.8) is 0 Å². The molecule has 0 spiro atoms. The molecule has 0 aromatic heterocycles. The minimum absolute atomic E-state index is 0. The molecule has 1 fully saturated rings. The van der Waals surface area contributed by atoms with Gasteiger partial charge < -0.3 is 16.4 Å². The van der Waals surface area contributed by atoms with E-state index in [9.17, 15) is 0 Å². The Labute approximate surface area is 153 Å². The van der Waals surface area contributed by atoms with Crippen molar-refractivity contribution in [2.24, 2.45) is 0 Å². The van der Waals surface area contributed by atoms with Crippen LogP contribution in [0, 0.1) is 0 Å². The summed E-state index contributed by atoms with van der Waals surface area (Å²) < 4.78 is 22.8. The van der Waals surface area contributed by atoms with E-state index in [1.165, 1.54) is 51.8 Å². The molecule has 0 amide bonds. The third kappa shape index (κ3) is 13.2. The van der Waals surface area contributed by atoms with Crippen LogP contribution in [0.25, 0.3) is 0 Å². The van der Waals surface area contributed by atoms with Gasteiger partial charge in [-0.25, -0.2) is 0 Å². The number of hydrogen-bond donors (Lipinski definition) is 0. The first kappa shape index (κ1) is 28.0. The van der Waals surface area contributed by atoms with Crippen LogP contribution in [0.2, 0.25) is 13.3 Å². The van der Waals surface area contributed by atoms with Crippen molar-refractivity contribution in [3.8, 4) is 0 Å². The zero-order chi connectivity index (χ0) is 13.2. The fourth-order valence-electron chi connectivity index (χ4n) is 1.71. The predicted octanol–water partition coefficient (Wildman–Crippen LogP) is 1.44. The topological polar surface area (TPSA) is 122 Å². The molecule has 0 atom stereocenters. The van der Waals surface area contributed by atoms with Gasteiger partial charge in [-0.05, 0) is 0 Å². The first-order chi connectivity index (χ1) is 8.80. The number of unbranched alkanes of at least 4 members (excludes halogenated alkanes) is 3. The molecule has 1 saturated heterocycles. The van der Waals surface area contributed by atoms with E-state index < -0.39 is 61.8 Å². The molecule has 1 rings (SSSR count). The average Bonchev–Trinajstić information content (AvgIpc) is 2.40. The fraction of sp³-hybridized carbons (Fsp3) is 1.00. The molecule has 129 valence electrons. The Morgan fingerprint density at radius 2 is 0.762 bits per heavy atom. The van der Waals surface area contributed by atoms with Crippen molar-refractivity contribution in [1.29, 1.82) is 0 Å². The molecule has 21 heavy (non-hydrogen) atoms. The van der Waals surface area contributed by atoms with Crippen molar-refractivity contribution in [2.75, 3.05) is 0 Å². The summed E-state index contributed by atoms with van der Waals surface area (Å²) >= 11 is -5.65. The fourth-order valence-corrected chi connectivity index (χ4v) is 56.2. The van der Waals surface area contributed by atoms with Crippen molar-refractivity contribution in [2.45, 2.75) is 72.6 Å². The van der Waals surface area contributed by atoms with E-state index in [1.54, 1.807) is 0 Å². The Morgan fingerprint density at radius 1 is 0.524 bits per heavy atom. The molecule has 0 unspecified atom stereocenters. The van der Waals surface area contributed by atoms with Gasteiger partial charge in [-0.1, -0.05) is 0 Å². The van der Waals surface area contributed by atoms with Crippen LogP contribution in [-0.4, -0.2) is 78.2 Å². The summed E-state index contributed by atoms with van der Waals surface area (Å²) in [5, 5.41) is 0. The summed E-state index contributed by atoms with van der Waals surface area (Å²) in [7, 11) is 0. The van der Waals surface area contributed by atoms with Crippen LogP contribution in [0.1, 0.15) is 59.3 Å². The molecular formula is C12H33O6Sn3. The standard InChI is InChI=1S/3C4H9.3H2O.3O.3Sn/c3*1-3-4-2;;;;;;;;;/h3*1,3-4H2,2H3;3*1H2;;;;;;. The molecule has 1 aliphatic rings. The van der Waals surface area contributed by atoms with Crippen molar-refractivity contribution < 1.29 is 20.7 Å². The molecule has 6 nitrogen and oxygen atoms in total. The monoisotopic (exact) mass is 633 g/mol. The Bertz CT molecular complexity index is 174. The number of rotatable bonds is 9. The second-order valence-corrected chi connectivity index (χ2v) is 28.9. The second-order valence-electron chi connectivity index (χ2n) is 4.73. The Morgan fingerprint density at radius 3 is 0.952 bits per heavy atom. The average molecular weight is 630 g/mol. The zero-order valence-electron chi connectivity index (χ0n) is 13.6. The van der Waals surface area contributed by atoms with Crippen LogP contribution in [0.3, 0.4) is 0 Å². The van der Waals surface area contributed by atoms with Crippen molar-refractivity contribution in [1.82, 2.24) is 0 Å². The van der Waals surface area contributed by atoms with Gasteiger partial charge in [-0.15, -0.1) is 0 Å². The minimum atomic E-state index is -1.88. The van der Waals surface area contributed by atoms with E-state index in [0.717, 1.165) is 0 Å². The minimum Gasteiger partial charge on any atom is -0.412 e. The molecule has 1 heterocycles. The van der Waals surface area contributed by atoms with Gasteiger partial charge in [0.2, 0.25) is 0 Å². The summed E-state index contributed by atoms with van der Waals surface area (Å²) in [6.45, 7) is 6.78. The van der Waals surface area contributed by atoms with E-state index in [1.807, 2.05) is 0 Å². The first-order valence-electron chi connectivity index (χ1n) is 7.41. The van der Waals surface area contributed by atoms with Crippen molar-refractivity contribution >= 4 is 61.8 Å². The van der Waals surface area contributed by atoms with E-state index >= 15 is 0 Å². The molecule has 1 aliphatic heterocycles. The Kier molecular flexibility index (Phi) is 24.6. The number of hydrogen-bond acceptors (Lipinski definition) is 3. The molecular weight excluding hydrogens is 596 g/mol. The quantitative estimate of drug-likeness (QED) is 0.359. The van der Waals surface area contributed by atoms with Crippen LogP contribution in [0.5, 0.6) is 0 Å². The third-order valence-electron chi connectivity index (χ3n) is 2.89. The first-order valence-corrected chi connectivity index (χ1v) is 20.5. The smallest absolute Gasteiger partial charge is 0.412 e. The molecule has 0 saturated carbocycles. The summed E-state index contributed by atoms with van der Waals surface area (Å²) in [5.41, 5.74) is 0. The Hall–Kier alpha value is 2.16. The molecule has 3 radical (unpaired) electrons. The predicted molar refractivity (Wildman–Crippen MR) is 90.5 cm³/mol. The van der Waals surface area contributed by atoms with Crippen LogP contribution in [0.4, 0.5) is 0 Å². The van der Waals surface area contributed by atoms with Crippen LogP contribution in [0.15, 0.2) is 0 Å². The van der Waals surface area contributed by atoms with E-state index in [2.05, 4.69) is 20.8 Å². The van der Waals surface area contributed by atoms with Crippen LogP contribution >= 0.6 is 0 Å². The largest absolute Gasteiger partial charge is 0.412 e. The Balaban J connectivity index is -0.00000108. The summed E-state index contributed by atoms with van der Waals surface area (Å²) in [5.74, 6) is 0. The van der Waals surface area contributed by atoms with Gasteiger partial charge in [0, 0.05) is 0 Å². The van der Waals surface area contributed by atoms with Gasteiger partial charge in [0.25, 0.3) is 0 Å². The molecule has 6 N–H and O–H groups in total. The van der Waals surface area contributed by atoms with Gasteiger partial charge >= 0.3 is 139 Å². The molecule has 0 aromatic carbocycles. The molecule has 0 aliphatic carbocycles. The summed E-state index contributed by atoms with van der Waals surface area (Å²) in [4.78, 5) is 0. The van der Waals surface area contributed by atoms with Crippen LogP contribution in [-0.2, 0) is 4.23 Å². The van der Waals surface area contributed by atoms with Gasteiger partial charge in [-0.2, -0.15) is 0 Å². The molecule has 9 heteroatoms. The van der Waals surface area contributed by atoms with Crippen LogP contribution < -0.4 is 0 Å². The normalized spacial score (nSPS) is 16.7. The van der Waals surface area contributed by atoms with Gasteiger partial charge in [0.05, 0.1) is 0 Å². The zero-order valence-corrected chi connectivity index (χ0v) is 22.2. The van der Waals surface area contributed by atoms with Gasteiger partial charge in [0.1, 0.15) is 0 Å². The summed E-state index contributed by atoms with van der Waals surface area (Å²) in [6.07, 6.45) is 7.76. The third-order valence-corrected chi connectivity index (χ3v) is 39.5. The van der Waals surface area contributed by atoms with Crippen molar-refractivity contribution in [3.05, 3.63) is 0 Å². The van der Waals surface area contributed by atoms with E-state index in [4.69, 9.17) is 4.23 Å².